The van der Waals surface area contributed by atoms with Crippen LogP contribution in [0.5, 0.6) is 0 Å². The van der Waals surface area contributed by atoms with E-state index in [1.54, 1.807) is 0 Å². The summed E-state index contributed by atoms with van der Waals surface area (Å²) in [4.78, 5) is 11.4. The molecule has 3 heteroatoms. The van der Waals surface area contributed by atoms with E-state index in [0.717, 1.165) is 5.39 Å². The maximum Gasteiger partial charge on any atom is 0.228 e. The first-order valence-electron chi connectivity index (χ1n) is 4.25. The van der Waals surface area contributed by atoms with Gasteiger partial charge in [-0.2, -0.15) is 0 Å². The second kappa shape index (κ2) is 2.48. The molecule has 0 fully saturated rings. The van der Waals surface area contributed by atoms with Crippen LogP contribution in [0.3, 0.4) is 0 Å². The van der Waals surface area contributed by atoms with Crippen molar-refractivity contribution in [3.63, 3.8) is 0 Å². The summed E-state index contributed by atoms with van der Waals surface area (Å²) in [6.45, 7) is 0. The summed E-state index contributed by atoms with van der Waals surface area (Å²) in [6.07, 6.45) is 1.38. The molecule has 0 N–H and O–H groups in total. The van der Waals surface area contributed by atoms with Crippen molar-refractivity contribution < 1.29 is 8.83 Å². The smallest absolute Gasteiger partial charge is 0.228 e. The van der Waals surface area contributed by atoms with Crippen molar-refractivity contribution in [1.29, 1.82) is 0 Å². The van der Waals surface area contributed by atoms with E-state index in [4.69, 9.17) is 8.83 Å². The van der Waals surface area contributed by atoms with Crippen LogP contribution in [0.2, 0.25) is 0 Å². The summed E-state index contributed by atoms with van der Waals surface area (Å²) in [5, 5.41) is 0.834. The quantitative estimate of drug-likeness (QED) is 0.541. The molecule has 3 rings (SSSR count). The minimum absolute atomic E-state index is 0.151. The zero-order valence-corrected chi connectivity index (χ0v) is 7.19. The van der Waals surface area contributed by atoms with E-state index in [-0.39, 0.29) is 11.0 Å². The first kappa shape index (κ1) is 7.38. The summed E-state index contributed by atoms with van der Waals surface area (Å²) in [6, 6.07) is 8.76. The highest BCUT2D eigenvalue weighted by molar-refractivity contribution is 6.00. The fraction of sp³-hybridized carbons (Fsp3) is 0. The van der Waals surface area contributed by atoms with Gasteiger partial charge in [-0.15, -0.1) is 0 Å². The van der Waals surface area contributed by atoms with Gasteiger partial charge in [-0.1, -0.05) is 12.1 Å². The zero-order chi connectivity index (χ0) is 9.54. The largest absolute Gasteiger partial charge is 0.460 e. The molecule has 0 bridgehead atoms. The molecule has 0 aliphatic heterocycles. The average molecular weight is 186 g/mol. The maximum atomic E-state index is 11.4. The molecule has 2 heterocycles. The molecule has 0 amide bonds. The molecule has 0 atom stereocenters. The Morgan fingerprint density at radius 3 is 2.79 bits per heavy atom. The van der Waals surface area contributed by atoms with Crippen molar-refractivity contribution in [2.75, 3.05) is 0 Å². The molecule has 0 saturated carbocycles. The highest BCUT2D eigenvalue weighted by atomic mass is 16.4. The molecular weight excluding hydrogens is 180 g/mol. The Morgan fingerprint density at radius 2 is 1.86 bits per heavy atom. The number of benzene rings is 1. The van der Waals surface area contributed by atoms with Crippen LogP contribution in [0.15, 0.2) is 50.2 Å². The number of hydrogen-bond donors (Lipinski definition) is 0. The third-order valence-electron chi connectivity index (χ3n) is 2.18. The van der Waals surface area contributed by atoms with Crippen molar-refractivity contribution in [3.8, 4) is 0 Å². The molecule has 0 saturated heterocycles. The third kappa shape index (κ3) is 0.836. The first-order chi connectivity index (χ1) is 6.86. The monoisotopic (exact) mass is 186 g/mol. The highest BCUT2D eigenvalue weighted by Crippen LogP contribution is 2.25. The molecule has 0 spiro atoms. The van der Waals surface area contributed by atoms with Crippen LogP contribution in [0.4, 0.5) is 0 Å². The molecule has 1 aromatic carbocycles. The highest BCUT2D eigenvalue weighted by Gasteiger charge is 2.09. The van der Waals surface area contributed by atoms with Crippen LogP contribution in [-0.4, -0.2) is 0 Å². The van der Waals surface area contributed by atoms with E-state index < -0.39 is 0 Å². The molecule has 0 aliphatic carbocycles. The van der Waals surface area contributed by atoms with Crippen LogP contribution in [-0.2, 0) is 0 Å². The number of para-hydroxylation sites is 1. The molecular formula is C11H6O3. The van der Waals surface area contributed by atoms with Crippen molar-refractivity contribution in [2.24, 2.45) is 0 Å². The van der Waals surface area contributed by atoms with Gasteiger partial charge in [-0.25, -0.2) is 0 Å². The molecule has 2 aromatic heterocycles. The summed E-state index contributed by atoms with van der Waals surface area (Å²) in [5.74, 6) is 0. The molecule has 0 aliphatic rings. The second-order valence-corrected chi connectivity index (χ2v) is 3.04. The van der Waals surface area contributed by atoms with Gasteiger partial charge in [-0.3, -0.25) is 4.79 Å². The normalized spacial score (nSPS) is 11.1. The van der Waals surface area contributed by atoms with E-state index >= 15 is 0 Å². The van der Waals surface area contributed by atoms with Gasteiger partial charge in [0, 0.05) is 6.07 Å². The van der Waals surface area contributed by atoms with Crippen molar-refractivity contribution >= 4 is 22.1 Å². The molecule has 68 valence electrons. The first-order valence-corrected chi connectivity index (χ1v) is 4.25. The number of rotatable bonds is 0. The lowest BCUT2D eigenvalue weighted by atomic mass is 10.2. The van der Waals surface area contributed by atoms with Crippen molar-refractivity contribution in [2.45, 2.75) is 0 Å². The summed E-state index contributed by atoms with van der Waals surface area (Å²) in [5.41, 5.74) is 1.33. The van der Waals surface area contributed by atoms with E-state index in [1.807, 2.05) is 24.3 Å². The van der Waals surface area contributed by atoms with E-state index in [9.17, 15) is 4.79 Å². The minimum atomic E-state index is -0.151. The summed E-state index contributed by atoms with van der Waals surface area (Å²) < 4.78 is 10.6. The standard InChI is InChI=1S/C11H6O3/c12-8-5-6-13-10-7-3-1-2-4-9(7)14-11(8)10/h1-6H. The van der Waals surface area contributed by atoms with Gasteiger partial charge < -0.3 is 8.83 Å². The van der Waals surface area contributed by atoms with E-state index in [2.05, 4.69) is 0 Å². The van der Waals surface area contributed by atoms with E-state index in [0.29, 0.717) is 11.2 Å². The number of furan rings is 1. The molecule has 0 unspecified atom stereocenters. The van der Waals surface area contributed by atoms with Gasteiger partial charge in [-0.05, 0) is 12.1 Å². The van der Waals surface area contributed by atoms with Gasteiger partial charge >= 0.3 is 0 Å². The molecule has 3 aromatic rings. The molecule has 14 heavy (non-hydrogen) atoms. The fourth-order valence-corrected chi connectivity index (χ4v) is 1.54. The Bertz CT molecular complexity index is 661. The van der Waals surface area contributed by atoms with Crippen LogP contribution >= 0.6 is 0 Å². The lowest BCUT2D eigenvalue weighted by Gasteiger charge is -1.85. The summed E-state index contributed by atoms with van der Waals surface area (Å²) in [7, 11) is 0. The van der Waals surface area contributed by atoms with Gasteiger partial charge in [0.2, 0.25) is 11.0 Å². The minimum Gasteiger partial charge on any atom is -0.460 e. The van der Waals surface area contributed by atoms with E-state index in [1.165, 1.54) is 12.3 Å². The Balaban J connectivity index is 2.70. The zero-order valence-electron chi connectivity index (χ0n) is 7.19. The lowest BCUT2D eigenvalue weighted by molar-refractivity contribution is 0.589. The lowest BCUT2D eigenvalue weighted by Crippen LogP contribution is -1.94. The van der Waals surface area contributed by atoms with Crippen LogP contribution in [0.1, 0.15) is 0 Å². The Hall–Kier alpha value is -2.03. The average Bonchev–Trinajstić information content (AvgIpc) is 2.59. The third-order valence-corrected chi connectivity index (χ3v) is 2.18. The predicted octanol–water partition coefficient (Wildman–Crippen LogP) is 2.54. The van der Waals surface area contributed by atoms with Gasteiger partial charge in [0.1, 0.15) is 5.58 Å². The van der Waals surface area contributed by atoms with Crippen molar-refractivity contribution in [3.05, 3.63) is 46.8 Å². The number of hydrogen-bond acceptors (Lipinski definition) is 3. The van der Waals surface area contributed by atoms with Crippen LogP contribution in [0.25, 0.3) is 22.1 Å². The Labute approximate surface area is 78.6 Å². The SMILES string of the molecule is O=c1ccoc2c1oc1ccccc12. The Morgan fingerprint density at radius 1 is 1.00 bits per heavy atom. The molecule has 0 radical (unpaired) electrons. The summed E-state index contributed by atoms with van der Waals surface area (Å²) >= 11 is 0. The predicted molar refractivity (Wildman–Crippen MR) is 52.3 cm³/mol. The fourth-order valence-electron chi connectivity index (χ4n) is 1.54. The number of fused-ring (bicyclic) bond motifs is 3. The van der Waals surface area contributed by atoms with Crippen LogP contribution < -0.4 is 5.43 Å². The maximum absolute atomic E-state index is 11.4. The van der Waals surface area contributed by atoms with Crippen molar-refractivity contribution in [1.82, 2.24) is 0 Å². The second-order valence-electron chi connectivity index (χ2n) is 3.04. The molecule has 3 nitrogen and oxygen atoms in total. The van der Waals surface area contributed by atoms with Gasteiger partial charge in [0.15, 0.2) is 5.58 Å². The van der Waals surface area contributed by atoms with Crippen LogP contribution in [0, 0.1) is 0 Å². The topological polar surface area (TPSA) is 43.4 Å². The van der Waals surface area contributed by atoms with Gasteiger partial charge in [0.25, 0.3) is 0 Å². The Kier molecular flexibility index (Phi) is 1.31. The van der Waals surface area contributed by atoms with Gasteiger partial charge in [0.05, 0.1) is 11.6 Å².